The first kappa shape index (κ1) is 25.3. The van der Waals surface area contributed by atoms with Gasteiger partial charge in [0.15, 0.2) is 0 Å². The molecule has 0 bridgehead atoms. The zero-order valence-corrected chi connectivity index (χ0v) is 20.2. The fraction of sp³-hybridized carbons (Fsp3) is 0.909. The molecule has 10 heteroatoms. The van der Waals surface area contributed by atoms with Crippen molar-refractivity contribution in [2.75, 3.05) is 40.5 Å². The highest BCUT2D eigenvalue weighted by Crippen LogP contribution is 2.32. The lowest BCUT2D eigenvalue weighted by Gasteiger charge is -2.43. The number of hydrogen-bond donors (Lipinski definition) is 5. The van der Waals surface area contributed by atoms with Crippen LogP contribution in [0.5, 0.6) is 0 Å². The van der Waals surface area contributed by atoms with E-state index in [1.165, 1.54) is 26.4 Å². The van der Waals surface area contributed by atoms with Crippen LogP contribution in [-0.2, 0) is 14.3 Å². The van der Waals surface area contributed by atoms with Crippen molar-refractivity contribution in [2.45, 2.75) is 76.7 Å². The molecule has 184 valence electrons. The lowest BCUT2D eigenvalue weighted by atomic mass is 9.77. The molecule has 6 atom stereocenters. The minimum absolute atomic E-state index is 0.0505. The topological polar surface area (TPSA) is 110 Å². The van der Waals surface area contributed by atoms with Gasteiger partial charge in [-0.1, -0.05) is 46.0 Å². The fourth-order valence-electron chi connectivity index (χ4n) is 5.40. The SMILES string of the molecule is CCCCCC(CC)C1CC(N2CCNC2)NNC1C(=O)NC1CN(C)NC1C(=O)OC. The molecule has 3 aliphatic rings. The van der Waals surface area contributed by atoms with E-state index in [2.05, 4.69) is 45.7 Å². The maximum Gasteiger partial charge on any atom is 0.326 e. The third kappa shape index (κ3) is 6.18. The van der Waals surface area contributed by atoms with Crippen molar-refractivity contribution in [1.82, 2.24) is 36.8 Å². The summed E-state index contributed by atoms with van der Waals surface area (Å²) in [6.45, 7) is 7.89. The van der Waals surface area contributed by atoms with E-state index in [1.54, 1.807) is 0 Å². The molecule has 32 heavy (non-hydrogen) atoms. The van der Waals surface area contributed by atoms with Crippen molar-refractivity contribution in [3.8, 4) is 0 Å². The van der Waals surface area contributed by atoms with Crippen LogP contribution in [-0.4, -0.2) is 86.5 Å². The first-order valence-electron chi connectivity index (χ1n) is 12.3. The van der Waals surface area contributed by atoms with Gasteiger partial charge in [-0.25, -0.2) is 21.3 Å². The van der Waals surface area contributed by atoms with Crippen molar-refractivity contribution < 1.29 is 14.3 Å². The Kier molecular flexibility index (Phi) is 9.69. The first-order valence-corrected chi connectivity index (χ1v) is 12.3. The van der Waals surface area contributed by atoms with E-state index in [0.717, 1.165) is 39.0 Å². The molecule has 3 aliphatic heterocycles. The number of nitrogens with one attached hydrogen (secondary N) is 5. The monoisotopic (exact) mass is 453 g/mol. The van der Waals surface area contributed by atoms with Crippen LogP contribution >= 0.6 is 0 Å². The number of carbonyl (C=O) groups is 2. The minimum atomic E-state index is -0.570. The predicted octanol–water partition coefficient (Wildman–Crippen LogP) is -0.259. The van der Waals surface area contributed by atoms with Crippen LogP contribution in [0.1, 0.15) is 52.4 Å². The second kappa shape index (κ2) is 12.2. The second-order valence-corrected chi connectivity index (χ2v) is 9.44. The van der Waals surface area contributed by atoms with Crippen molar-refractivity contribution >= 4 is 11.9 Å². The average molecular weight is 454 g/mol. The van der Waals surface area contributed by atoms with Gasteiger partial charge in [0.1, 0.15) is 12.1 Å². The van der Waals surface area contributed by atoms with Crippen LogP contribution < -0.4 is 26.9 Å². The summed E-state index contributed by atoms with van der Waals surface area (Å²) in [5, 5.41) is 8.36. The van der Waals surface area contributed by atoms with Crippen LogP contribution in [0.2, 0.25) is 0 Å². The van der Waals surface area contributed by atoms with Crippen molar-refractivity contribution in [2.24, 2.45) is 11.8 Å². The number of unbranched alkanes of at least 4 members (excludes halogenated alkanes) is 2. The molecule has 5 N–H and O–H groups in total. The summed E-state index contributed by atoms with van der Waals surface area (Å²) in [5.41, 5.74) is 9.85. The van der Waals surface area contributed by atoms with E-state index in [-0.39, 0.29) is 36.0 Å². The average Bonchev–Trinajstić information content (AvgIpc) is 3.46. The van der Waals surface area contributed by atoms with Crippen LogP contribution in [0.4, 0.5) is 0 Å². The second-order valence-electron chi connectivity index (χ2n) is 9.44. The summed E-state index contributed by atoms with van der Waals surface area (Å²) in [6.07, 6.45) is 6.97. The number of amides is 1. The van der Waals surface area contributed by atoms with Crippen LogP contribution in [0.15, 0.2) is 0 Å². The lowest BCUT2D eigenvalue weighted by Crippen LogP contribution is -2.67. The standard InChI is InChI=1S/C22H43N7O3/c1-5-7-8-9-15(6-2)16-12-18(29-11-10-23-14-29)25-26-19(16)21(30)24-17-13-28(3)27-20(17)22(31)32-4/h15-20,23,25-27H,5-14H2,1-4H3,(H,24,30). The number of nitrogens with zero attached hydrogens (tertiary/aromatic N) is 2. The number of ether oxygens (including phenoxy) is 1. The fourth-order valence-corrected chi connectivity index (χ4v) is 5.40. The summed E-state index contributed by atoms with van der Waals surface area (Å²) in [5.74, 6) is 0.294. The molecule has 0 aromatic carbocycles. The predicted molar refractivity (Wildman–Crippen MR) is 123 cm³/mol. The van der Waals surface area contributed by atoms with Gasteiger partial charge < -0.3 is 15.4 Å². The molecule has 1 amide bonds. The van der Waals surface area contributed by atoms with Crippen molar-refractivity contribution in [1.29, 1.82) is 0 Å². The summed E-state index contributed by atoms with van der Waals surface area (Å²) in [7, 11) is 3.24. The van der Waals surface area contributed by atoms with Gasteiger partial charge in [-0.2, -0.15) is 0 Å². The van der Waals surface area contributed by atoms with Gasteiger partial charge in [-0.3, -0.25) is 14.5 Å². The summed E-state index contributed by atoms with van der Waals surface area (Å²) in [6, 6.07) is -1.24. The number of likely N-dealkylation sites (N-methyl/N-ethyl adjacent to an activating group) is 1. The Bertz CT molecular complexity index is 616. The molecular formula is C22H43N7O3. The van der Waals surface area contributed by atoms with Crippen molar-refractivity contribution in [3.63, 3.8) is 0 Å². The summed E-state index contributed by atoms with van der Waals surface area (Å²) >= 11 is 0. The Morgan fingerprint density at radius 3 is 2.66 bits per heavy atom. The first-order chi connectivity index (χ1) is 15.5. The molecule has 0 aliphatic carbocycles. The van der Waals surface area contributed by atoms with E-state index in [9.17, 15) is 9.59 Å². The maximum absolute atomic E-state index is 13.5. The highest BCUT2D eigenvalue weighted by atomic mass is 16.5. The molecule has 0 spiro atoms. The Morgan fingerprint density at radius 1 is 1.19 bits per heavy atom. The van der Waals surface area contributed by atoms with Gasteiger partial charge in [0, 0.05) is 33.4 Å². The van der Waals surface area contributed by atoms with Crippen LogP contribution in [0, 0.1) is 11.8 Å². The molecule has 10 nitrogen and oxygen atoms in total. The number of methoxy groups -OCH3 is 1. The molecule has 0 saturated carbocycles. The van der Waals surface area contributed by atoms with Crippen LogP contribution in [0.3, 0.4) is 0 Å². The Morgan fingerprint density at radius 2 is 2.00 bits per heavy atom. The molecule has 3 fully saturated rings. The molecular weight excluding hydrogens is 410 g/mol. The van der Waals surface area contributed by atoms with Gasteiger partial charge in [-0.05, 0) is 18.3 Å². The van der Waals surface area contributed by atoms with E-state index in [0.29, 0.717) is 12.5 Å². The molecule has 3 heterocycles. The van der Waals surface area contributed by atoms with E-state index < -0.39 is 6.04 Å². The maximum atomic E-state index is 13.5. The van der Waals surface area contributed by atoms with Gasteiger partial charge in [0.05, 0.1) is 19.3 Å². The third-order valence-corrected chi connectivity index (χ3v) is 7.27. The van der Waals surface area contributed by atoms with Crippen molar-refractivity contribution in [3.05, 3.63) is 0 Å². The number of esters is 1. The lowest BCUT2D eigenvalue weighted by molar-refractivity contribution is -0.143. The van der Waals surface area contributed by atoms with E-state index >= 15 is 0 Å². The highest BCUT2D eigenvalue weighted by molar-refractivity contribution is 5.84. The third-order valence-electron chi connectivity index (χ3n) is 7.27. The quantitative estimate of drug-likeness (QED) is 0.226. The Labute approximate surface area is 192 Å². The summed E-state index contributed by atoms with van der Waals surface area (Å²) < 4.78 is 4.92. The molecule has 0 aromatic heterocycles. The molecule has 3 saturated heterocycles. The molecule has 6 unspecified atom stereocenters. The zero-order chi connectivity index (χ0) is 23.1. The molecule has 0 radical (unpaired) electrons. The highest BCUT2D eigenvalue weighted by Gasteiger charge is 2.43. The van der Waals surface area contributed by atoms with E-state index in [4.69, 9.17) is 4.74 Å². The Balaban J connectivity index is 1.70. The van der Waals surface area contributed by atoms with Gasteiger partial charge in [0.2, 0.25) is 5.91 Å². The van der Waals surface area contributed by atoms with Crippen LogP contribution in [0.25, 0.3) is 0 Å². The normalized spacial score (nSPS) is 32.7. The van der Waals surface area contributed by atoms with Gasteiger partial charge >= 0.3 is 5.97 Å². The number of carbonyl (C=O) groups excluding carboxylic acids is 2. The van der Waals surface area contributed by atoms with Gasteiger partial charge in [-0.15, -0.1) is 0 Å². The molecule has 0 aromatic rings. The number of hydrogen-bond acceptors (Lipinski definition) is 9. The number of rotatable bonds is 10. The van der Waals surface area contributed by atoms with E-state index in [1.807, 2.05) is 12.1 Å². The summed E-state index contributed by atoms with van der Waals surface area (Å²) in [4.78, 5) is 28.0. The molecule has 3 rings (SSSR count). The van der Waals surface area contributed by atoms with Gasteiger partial charge in [0.25, 0.3) is 0 Å². The Hall–Kier alpha value is -1.30. The minimum Gasteiger partial charge on any atom is -0.468 e. The smallest absolute Gasteiger partial charge is 0.326 e. The zero-order valence-electron chi connectivity index (χ0n) is 20.2. The largest absolute Gasteiger partial charge is 0.468 e. The number of hydrazine groups is 2.